The molecule has 0 radical (unpaired) electrons. The number of amides is 1. The Morgan fingerprint density at radius 3 is 2.39 bits per heavy atom. The molecule has 2 aromatic carbocycles. The number of nitrogens with one attached hydrogen (secondary N) is 1. The van der Waals surface area contributed by atoms with Crippen molar-refractivity contribution in [1.82, 2.24) is 4.98 Å². The fourth-order valence-electron chi connectivity index (χ4n) is 3.79. The van der Waals surface area contributed by atoms with Gasteiger partial charge in [0, 0.05) is 22.3 Å². The summed E-state index contributed by atoms with van der Waals surface area (Å²) in [5, 5.41) is 28.3. The molecule has 38 heavy (non-hydrogen) atoms. The lowest BCUT2D eigenvalue weighted by molar-refractivity contribution is -0.159. The van der Waals surface area contributed by atoms with Gasteiger partial charge in [-0.25, -0.2) is 4.79 Å². The Bertz CT molecular complexity index is 1470. The molecule has 0 atom stereocenters. The van der Waals surface area contributed by atoms with Gasteiger partial charge in [-0.05, 0) is 29.7 Å². The largest absolute Gasteiger partial charge is 0.430 e. The van der Waals surface area contributed by atoms with Crippen molar-refractivity contribution in [3.8, 4) is 11.3 Å². The molecule has 0 bridgehead atoms. The number of rotatable bonds is 7. The average Bonchev–Trinajstić information content (AvgIpc) is 3.28. The number of alkyl halides is 3. The van der Waals surface area contributed by atoms with Crippen LogP contribution in [0.5, 0.6) is 0 Å². The molecule has 13 heteroatoms. The minimum atomic E-state index is -4.63. The number of fused-ring (bicyclic) bond motifs is 1. The highest BCUT2D eigenvalue weighted by Gasteiger charge is 2.39. The van der Waals surface area contributed by atoms with Crippen molar-refractivity contribution in [3.05, 3.63) is 76.5 Å². The fraction of sp³-hybridized carbons (Fsp3) is 0.240. The van der Waals surface area contributed by atoms with E-state index >= 15 is 0 Å². The summed E-state index contributed by atoms with van der Waals surface area (Å²) in [7, 11) is 0. The Balaban J connectivity index is 1.60. The molecule has 4 rings (SSSR count). The molecule has 10 nitrogen and oxygen atoms in total. The van der Waals surface area contributed by atoms with E-state index in [1.807, 2.05) is 0 Å². The maximum absolute atomic E-state index is 13.4. The first kappa shape index (κ1) is 26.9. The number of esters is 1. The lowest BCUT2D eigenvalue weighted by Gasteiger charge is -2.23. The average molecular weight is 534 g/mol. The van der Waals surface area contributed by atoms with Crippen LogP contribution < -0.4 is 10.5 Å². The van der Waals surface area contributed by atoms with Gasteiger partial charge in [0.25, 0.3) is 5.56 Å². The number of carbonyl (C=O) groups is 2. The first-order valence-corrected chi connectivity index (χ1v) is 11.1. The molecular formula is C25H21F3N2O8. The second-order valence-corrected chi connectivity index (χ2v) is 8.53. The number of aliphatic hydroxyl groups excluding tert-OH is 3. The maximum Gasteiger partial charge on any atom is 0.420 e. The number of aliphatic hydroxyl groups is 3. The third-order valence-electron chi connectivity index (χ3n) is 6.06. The van der Waals surface area contributed by atoms with Crippen LogP contribution in [-0.2, 0) is 20.4 Å². The number of pyridine rings is 1. The number of benzene rings is 2. The number of aromatic nitrogens is 1. The number of anilines is 1. The highest BCUT2D eigenvalue weighted by atomic mass is 19.4. The maximum atomic E-state index is 13.4. The van der Waals surface area contributed by atoms with Gasteiger partial charge in [0.2, 0.25) is 0 Å². The Hall–Kier alpha value is -4.20. The van der Waals surface area contributed by atoms with E-state index < -0.39 is 54.6 Å². The molecule has 4 N–H and O–H groups in total. The Morgan fingerprint density at radius 1 is 1.05 bits per heavy atom. The van der Waals surface area contributed by atoms with E-state index in [-0.39, 0.29) is 34.6 Å². The Morgan fingerprint density at radius 2 is 1.74 bits per heavy atom. The second-order valence-electron chi connectivity index (χ2n) is 8.53. The van der Waals surface area contributed by atoms with Crippen molar-refractivity contribution in [3.63, 3.8) is 0 Å². The minimum Gasteiger partial charge on any atom is -0.430 e. The highest BCUT2D eigenvalue weighted by molar-refractivity contribution is 5.95. The van der Waals surface area contributed by atoms with Gasteiger partial charge >= 0.3 is 18.2 Å². The van der Waals surface area contributed by atoms with Gasteiger partial charge in [0.05, 0.1) is 31.9 Å². The van der Waals surface area contributed by atoms with Crippen LogP contribution in [0.4, 0.5) is 23.7 Å². The van der Waals surface area contributed by atoms with Gasteiger partial charge in [-0.1, -0.05) is 24.3 Å². The minimum absolute atomic E-state index is 0.0273. The van der Waals surface area contributed by atoms with Crippen molar-refractivity contribution in [1.29, 1.82) is 0 Å². The molecule has 3 aromatic rings. The molecule has 2 heterocycles. The second kappa shape index (κ2) is 10.3. The number of cyclic esters (lactones) is 1. The zero-order valence-electron chi connectivity index (χ0n) is 19.5. The van der Waals surface area contributed by atoms with Crippen LogP contribution in [0.25, 0.3) is 22.0 Å². The van der Waals surface area contributed by atoms with Crippen LogP contribution in [0.2, 0.25) is 0 Å². The summed E-state index contributed by atoms with van der Waals surface area (Å²) in [5.74, 6) is -1.26. The zero-order valence-corrected chi connectivity index (χ0v) is 19.5. The SMILES string of the molecule is O=C1O/C(=C\OC(=O)C(CO)(CO)CO)CN1c1ccc2cc(-c3ccccc3C(F)(F)F)[nH]c(=O)c2c1. The highest BCUT2D eigenvalue weighted by Crippen LogP contribution is 2.37. The number of carbonyl (C=O) groups excluding carboxylic acids is 2. The quantitative estimate of drug-likeness (QED) is 0.267. The summed E-state index contributed by atoms with van der Waals surface area (Å²) in [6, 6.07) is 10.5. The van der Waals surface area contributed by atoms with Crippen LogP contribution in [0.15, 0.2) is 65.3 Å². The molecule has 200 valence electrons. The van der Waals surface area contributed by atoms with Gasteiger partial charge in [0.15, 0.2) is 5.76 Å². The lowest BCUT2D eigenvalue weighted by atomic mass is 9.92. The van der Waals surface area contributed by atoms with E-state index in [4.69, 9.17) is 9.47 Å². The van der Waals surface area contributed by atoms with E-state index in [1.54, 1.807) is 0 Å². The van der Waals surface area contributed by atoms with Crippen LogP contribution >= 0.6 is 0 Å². The molecule has 0 spiro atoms. The predicted molar refractivity (Wildman–Crippen MR) is 127 cm³/mol. The van der Waals surface area contributed by atoms with Gasteiger partial charge in [-0.15, -0.1) is 0 Å². The monoisotopic (exact) mass is 534 g/mol. The van der Waals surface area contributed by atoms with E-state index in [2.05, 4.69) is 4.98 Å². The summed E-state index contributed by atoms with van der Waals surface area (Å²) < 4.78 is 50.2. The number of hydrogen-bond acceptors (Lipinski definition) is 8. The van der Waals surface area contributed by atoms with Gasteiger partial charge in [-0.2, -0.15) is 13.2 Å². The number of ether oxygens (including phenoxy) is 2. The smallest absolute Gasteiger partial charge is 0.420 e. The van der Waals surface area contributed by atoms with Crippen LogP contribution in [0.3, 0.4) is 0 Å². The van der Waals surface area contributed by atoms with E-state index in [0.29, 0.717) is 5.39 Å². The van der Waals surface area contributed by atoms with Crippen molar-refractivity contribution < 1.29 is 47.6 Å². The molecule has 1 aromatic heterocycles. The Labute approximate surface area is 212 Å². The van der Waals surface area contributed by atoms with Gasteiger partial charge in [-0.3, -0.25) is 14.5 Å². The zero-order chi connectivity index (χ0) is 27.7. The standard InChI is InChI=1S/C25H21F3N2O8/c26-25(27,28)19-4-2-1-3-17(19)20-7-14-5-6-15(8-18(14)21(34)29-20)30-9-16(38-23(30)36)10-37-22(35)24(11-31,12-32)13-33/h1-8,10,31-33H,9,11-13H2,(H,29,34)/b16-10-. The normalized spacial score (nSPS) is 15.3. The summed E-state index contributed by atoms with van der Waals surface area (Å²) in [6.07, 6.45) is -4.69. The summed E-state index contributed by atoms with van der Waals surface area (Å²) in [4.78, 5) is 40.9. The van der Waals surface area contributed by atoms with Crippen molar-refractivity contribution in [2.45, 2.75) is 6.18 Å². The molecule has 0 aliphatic carbocycles. The molecule has 1 fully saturated rings. The fourth-order valence-corrected chi connectivity index (χ4v) is 3.79. The number of hydrogen-bond donors (Lipinski definition) is 4. The van der Waals surface area contributed by atoms with Crippen molar-refractivity contribution >= 4 is 28.5 Å². The van der Waals surface area contributed by atoms with E-state index in [9.17, 15) is 42.9 Å². The molecular weight excluding hydrogens is 513 g/mol. The number of halogens is 3. The molecule has 1 aliphatic rings. The van der Waals surface area contributed by atoms with Crippen LogP contribution in [-0.4, -0.2) is 58.7 Å². The van der Waals surface area contributed by atoms with Gasteiger partial charge in [0.1, 0.15) is 11.7 Å². The summed E-state index contributed by atoms with van der Waals surface area (Å²) >= 11 is 0. The third-order valence-corrected chi connectivity index (χ3v) is 6.06. The summed E-state index contributed by atoms with van der Waals surface area (Å²) in [5.41, 5.74) is -3.52. The number of nitrogens with zero attached hydrogens (tertiary/aromatic N) is 1. The van der Waals surface area contributed by atoms with Crippen molar-refractivity contribution in [2.75, 3.05) is 31.3 Å². The Kier molecular flexibility index (Phi) is 7.26. The van der Waals surface area contributed by atoms with E-state index in [0.717, 1.165) is 17.2 Å². The third kappa shape index (κ3) is 4.98. The lowest BCUT2D eigenvalue weighted by Crippen LogP contribution is -2.42. The molecule has 1 saturated heterocycles. The molecule has 0 saturated carbocycles. The van der Waals surface area contributed by atoms with Gasteiger partial charge < -0.3 is 29.8 Å². The van der Waals surface area contributed by atoms with Crippen molar-refractivity contribution in [2.24, 2.45) is 5.41 Å². The topological polar surface area (TPSA) is 149 Å². The number of H-pyrrole nitrogens is 1. The van der Waals surface area contributed by atoms with Crippen LogP contribution in [0, 0.1) is 5.41 Å². The molecule has 1 aliphatic heterocycles. The van der Waals surface area contributed by atoms with Crippen LogP contribution in [0.1, 0.15) is 5.56 Å². The number of aromatic amines is 1. The predicted octanol–water partition coefficient (Wildman–Crippen LogP) is 2.52. The first-order chi connectivity index (χ1) is 18.0. The molecule has 1 amide bonds. The van der Waals surface area contributed by atoms with E-state index in [1.165, 1.54) is 42.5 Å². The summed E-state index contributed by atoms with van der Waals surface area (Å²) in [6.45, 7) is -2.87. The first-order valence-electron chi connectivity index (χ1n) is 11.1. The molecule has 0 unspecified atom stereocenters.